The number of carboxylic acid groups (broad SMARTS) is 2. The molecule has 2 N–H and O–H groups in total. The fourth-order valence-electron chi connectivity index (χ4n) is 3.57. The average Bonchev–Trinajstić information content (AvgIpc) is 2.72. The Hall–Kier alpha value is -1.62. The fraction of sp³-hybridized carbons (Fsp3) is 0.769. The minimum atomic E-state index is -0.765. The highest BCUT2D eigenvalue weighted by Crippen LogP contribution is 2.10. The Morgan fingerprint density at radius 1 is 0.613 bits per heavy atom. The van der Waals surface area contributed by atoms with Crippen LogP contribution in [0.25, 0.3) is 0 Å². The zero-order valence-electron chi connectivity index (χ0n) is 19.9. The number of rotatable bonds is 23. The molecule has 180 valence electrons. The highest BCUT2D eigenvalue weighted by molar-refractivity contribution is 5.66. The van der Waals surface area contributed by atoms with E-state index in [2.05, 4.69) is 36.1 Å². The van der Waals surface area contributed by atoms with E-state index in [0.717, 1.165) is 32.5 Å². The van der Waals surface area contributed by atoms with Crippen LogP contribution in [0.5, 0.6) is 0 Å². The standard InChI is InChI=1S/C26H47NO4/c1-2-3-4-5-6-7-8-9-10-11-12-13-14-15-16-17-22-27(23-18-20-25(28)29)24-19-21-26(30)31/h6-7,9-10H,2-5,8,11-24H2,1H3,(H,28,29)(H,30,31)/b7-6-,10-9-. The molecule has 5 nitrogen and oxygen atoms in total. The van der Waals surface area contributed by atoms with Gasteiger partial charge in [0.15, 0.2) is 0 Å². The van der Waals surface area contributed by atoms with Crippen molar-refractivity contribution in [3.05, 3.63) is 24.3 Å². The van der Waals surface area contributed by atoms with Crippen molar-refractivity contribution in [3.63, 3.8) is 0 Å². The highest BCUT2D eigenvalue weighted by Gasteiger charge is 2.07. The van der Waals surface area contributed by atoms with Crippen molar-refractivity contribution in [1.29, 1.82) is 0 Å². The lowest BCUT2D eigenvalue weighted by Gasteiger charge is -2.21. The third kappa shape index (κ3) is 24.5. The first-order valence-corrected chi connectivity index (χ1v) is 12.5. The summed E-state index contributed by atoms with van der Waals surface area (Å²) in [7, 11) is 0. The number of hydrogen-bond donors (Lipinski definition) is 2. The quantitative estimate of drug-likeness (QED) is 0.135. The van der Waals surface area contributed by atoms with Gasteiger partial charge >= 0.3 is 11.9 Å². The second-order valence-electron chi connectivity index (χ2n) is 8.42. The van der Waals surface area contributed by atoms with Crippen LogP contribution in [-0.2, 0) is 9.59 Å². The van der Waals surface area contributed by atoms with Crippen LogP contribution < -0.4 is 0 Å². The van der Waals surface area contributed by atoms with E-state index < -0.39 is 11.9 Å². The number of carbonyl (C=O) groups is 2. The summed E-state index contributed by atoms with van der Waals surface area (Å²) >= 11 is 0. The lowest BCUT2D eigenvalue weighted by Crippen LogP contribution is -2.28. The maximum absolute atomic E-state index is 10.7. The minimum absolute atomic E-state index is 0.180. The van der Waals surface area contributed by atoms with Gasteiger partial charge in [-0.1, -0.05) is 69.8 Å². The van der Waals surface area contributed by atoms with Gasteiger partial charge in [-0.3, -0.25) is 9.59 Å². The van der Waals surface area contributed by atoms with Crippen molar-refractivity contribution in [3.8, 4) is 0 Å². The Kier molecular flexibility index (Phi) is 21.8. The second-order valence-corrected chi connectivity index (χ2v) is 8.42. The summed E-state index contributed by atoms with van der Waals surface area (Å²) in [6.07, 6.45) is 25.5. The average molecular weight is 438 g/mol. The van der Waals surface area contributed by atoms with E-state index in [9.17, 15) is 9.59 Å². The van der Waals surface area contributed by atoms with Crippen LogP contribution in [0.4, 0.5) is 0 Å². The highest BCUT2D eigenvalue weighted by atomic mass is 16.4. The fourth-order valence-corrected chi connectivity index (χ4v) is 3.57. The predicted octanol–water partition coefficient (Wildman–Crippen LogP) is 6.83. The van der Waals surface area contributed by atoms with Crippen LogP contribution in [-0.4, -0.2) is 46.7 Å². The molecule has 0 aliphatic rings. The molecule has 0 bridgehead atoms. The van der Waals surface area contributed by atoms with Crippen LogP contribution in [0.1, 0.15) is 110 Å². The molecule has 0 saturated carbocycles. The third-order valence-electron chi connectivity index (χ3n) is 5.40. The van der Waals surface area contributed by atoms with E-state index in [1.165, 1.54) is 64.2 Å². The Labute approximate surface area is 190 Å². The first kappa shape index (κ1) is 29.4. The summed E-state index contributed by atoms with van der Waals surface area (Å²) in [4.78, 5) is 23.6. The summed E-state index contributed by atoms with van der Waals surface area (Å²) in [6.45, 7) is 4.66. The maximum Gasteiger partial charge on any atom is 0.303 e. The van der Waals surface area contributed by atoms with E-state index >= 15 is 0 Å². The molecular weight excluding hydrogens is 390 g/mol. The van der Waals surface area contributed by atoms with E-state index in [4.69, 9.17) is 10.2 Å². The van der Waals surface area contributed by atoms with Gasteiger partial charge in [0.05, 0.1) is 0 Å². The van der Waals surface area contributed by atoms with Crippen LogP contribution in [0.15, 0.2) is 24.3 Å². The smallest absolute Gasteiger partial charge is 0.303 e. The normalized spacial score (nSPS) is 11.8. The van der Waals surface area contributed by atoms with Crippen molar-refractivity contribution in [1.82, 2.24) is 4.90 Å². The Bertz CT molecular complexity index is 468. The molecule has 0 atom stereocenters. The first-order chi connectivity index (χ1) is 15.1. The zero-order valence-corrected chi connectivity index (χ0v) is 19.9. The summed E-state index contributed by atoms with van der Waals surface area (Å²) in [5.74, 6) is -1.53. The first-order valence-electron chi connectivity index (χ1n) is 12.5. The molecule has 0 rings (SSSR count). The van der Waals surface area contributed by atoms with Gasteiger partial charge in [-0.05, 0) is 71.0 Å². The predicted molar refractivity (Wildman–Crippen MR) is 130 cm³/mol. The number of unbranched alkanes of at least 4 members (excludes halogenated alkanes) is 9. The van der Waals surface area contributed by atoms with Gasteiger partial charge < -0.3 is 15.1 Å². The van der Waals surface area contributed by atoms with Crippen molar-refractivity contribution in [2.75, 3.05) is 19.6 Å². The number of hydrogen-bond acceptors (Lipinski definition) is 3. The number of allylic oxidation sites excluding steroid dienone is 4. The molecule has 0 unspecified atom stereocenters. The molecule has 0 aromatic rings. The van der Waals surface area contributed by atoms with Crippen molar-refractivity contribution in [2.45, 2.75) is 110 Å². The molecule has 0 fully saturated rings. The largest absolute Gasteiger partial charge is 0.481 e. The van der Waals surface area contributed by atoms with E-state index in [-0.39, 0.29) is 12.8 Å². The van der Waals surface area contributed by atoms with E-state index in [0.29, 0.717) is 12.8 Å². The van der Waals surface area contributed by atoms with Gasteiger partial charge in [0.2, 0.25) is 0 Å². The number of nitrogens with zero attached hydrogens (tertiary/aromatic N) is 1. The molecule has 0 saturated heterocycles. The molecule has 0 amide bonds. The lowest BCUT2D eigenvalue weighted by molar-refractivity contribution is -0.138. The topological polar surface area (TPSA) is 77.8 Å². The molecule has 31 heavy (non-hydrogen) atoms. The monoisotopic (exact) mass is 437 g/mol. The molecule has 0 radical (unpaired) electrons. The molecule has 0 aliphatic heterocycles. The summed E-state index contributed by atoms with van der Waals surface area (Å²) in [6, 6.07) is 0. The van der Waals surface area contributed by atoms with Crippen LogP contribution >= 0.6 is 0 Å². The Morgan fingerprint density at radius 3 is 1.58 bits per heavy atom. The van der Waals surface area contributed by atoms with E-state index in [1.54, 1.807) is 0 Å². The number of carboxylic acids is 2. The Balaban J connectivity index is 3.66. The van der Waals surface area contributed by atoms with Crippen molar-refractivity contribution in [2.24, 2.45) is 0 Å². The van der Waals surface area contributed by atoms with Crippen LogP contribution in [0.2, 0.25) is 0 Å². The lowest BCUT2D eigenvalue weighted by atomic mass is 10.1. The van der Waals surface area contributed by atoms with Gasteiger partial charge in [0.25, 0.3) is 0 Å². The van der Waals surface area contributed by atoms with Gasteiger partial charge in [-0.25, -0.2) is 0 Å². The van der Waals surface area contributed by atoms with Crippen molar-refractivity contribution < 1.29 is 19.8 Å². The molecule has 5 heteroatoms. The van der Waals surface area contributed by atoms with Crippen molar-refractivity contribution >= 4 is 11.9 Å². The van der Waals surface area contributed by atoms with Crippen LogP contribution in [0.3, 0.4) is 0 Å². The summed E-state index contributed by atoms with van der Waals surface area (Å²) in [5, 5.41) is 17.6. The number of aliphatic carboxylic acids is 2. The van der Waals surface area contributed by atoms with Crippen LogP contribution in [0, 0.1) is 0 Å². The molecule has 0 aliphatic carbocycles. The van der Waals surface area contributed by atoms with Gasteiger partial charge in [0, 0.05) is 12.8 Å². The molecule has 0 heterocycles. The molecule has 0 aromatic heterocycles. The van der Waals surface area contributed by atoms with Gasteiger partial charge in [-0.15, -0.1) is 0 Å². The third-order valence-corrected chi connectivity index (χ3v) is 5.40. The van der Waals surface area contributed by atoms with Gasteiger partial charge in [-0.2, -0.15) is 0 Å². The van der Waals surface area contributed by atoms with Gasteiger partial charge in [0.1, 0.15) is 0 Å². The zero-order chi connectivity index (χ0) is 23.0. The summed E-state index contributed by atoms with van der Waals surface area (Å²) < 4.78 is 0. The molecular formula is C26H47NO4. The minimum Gasteiger partial charge on any atom is -0.481 e. The molecule has 0 aromatic carbocycles. The van der Waals surface area contributed by atoms with E-state index in [1.807, 2.05) is 0 Å². The SMILES string of the molecule is CCCCC/C=C\C/C=C\CCCCCCCCN(CCCC(=O)O)CCCC(=O)O. The second kappa shape index (κ2) is 23.1. The Morgan fingerprint density at radius 2 is 1.06 bits per heavy atom. The maximum atomic E-state index is 10.7. The molecule has 0 spiro atoms. The summed E-state index contributed by atoms with van der Waals surface area (Å²) in [5.41, 5.74) is 0.